The molecule has 4 heteroatoms. The fourth-order valence-corrected chi connectivity index (χ4v) is 2.58. The molecule has 0 bridgehead atoms. The summed E-state index contributed by atoms with van der Waals surface area (Å²) in [5, 5.41) is 9.56. The Morgan fingerprint density at radius 3 is 3.06 bits per heavy atom. The minimum absolute atomic E-state index is 0.268. The zero-order valence-electron chi connectivity index (χ0n) is 10.1. The van der Waals surface area contributed by atoms with Crippen LogP contribution in [0.4, 0.5) is 4.39 Å². The predicted octanol–water partition coefficient (Wildman–Crippen LogP) is 2.90. The average molecular weight is 250 g/mol. The Kier molecular flexibility index (Phi) is 3.11. The Hall–Kier alpha value is -1.84. The number of ether oxygens (including phenoxy) is 1. The molecule has 1 aromatic carbocycles. The highest BCUT2D eigenvalue weighted by molar-refractivity contribution is 5.83. The summed E-state index contributed by atoms with van der Waals surface area (Å²) >= 11 is 0. The minimum atomic E-state index is -1.07. The summed E-state index contributed by atoms with van der Waals surface area (Å²) < 4.78 is 18.7. The summed E-state index contributed by atoms with van der Waals surface area (Å²) in [6.07, 6.45) is 1.97. The van der Waals surface area contributed by atoms with Crippen LogP contribution in [0.25, 0.3) is 0 Å². The lowest BCUT2D eigenvalue weighted by atomic mass is 9.72. The van der Waals surface area contributed by atoms with Gasteiger partial charge in [0.1, 0.15) is 17.0 Å². The molecule has 0 radical (unpaired) electrons. The van der Waals surface area contributed by atoms with Crippen LogP contribution in [0.15, 0.2) is 30.9 Å². The Morgan fingerprint density at radius 1 is 1.72 bits per heavy atom. The van der Waals surface area contributed by atoms with Crippen molar-refractivity contribution in [3.05, 3.63) is 42.2 Å². The first-order valence-electron chi connectivity index (χ1n) is 5.80. The van der Waals surface area contributed by atoms with E-state index in [0.717, 1.165) is 0 Å². The number of carboxylic acid groups (broad SMARTS) is 1. The molecule has 2 rings (SSSR count). The molecule has 1 aliphatic heterocycles. The fraction of sp³-hybridized carbons (Fsp3) is 0.357. The molecule has 1 aliphatic rings. The van der Waals surface area contributed by atoms with Gasteiger partial charge in [0.05, 0.1) is 6.10 Å². The second kappa shape index (κ2) is 4.44. The zero-order chi connectivity index (χ0) is 13.3. The maximum Gasteiger partial charge on any atom is 0.314 e. The molecular weight excluding hydrogens is 235 g/mol. The van der Waals surface area contributed by atoms with Gasteiger partial charge in [0, 0.05) is 18.1 Å². The van der Waals surface area contributed by atoms with E-state index in [0.29, 0.717) is 24.2 Å². The van der Waals surface area contributed by atoms with Gasteiger partial charge in [-0.1, -0.05) is 12.1 Å². The molecule has 0 amide bonds. The number of carbonyl (C=O) groups is 1. The third-order valence-corrected chi connectivity index (χ3v) is 3.33. The molecular formula is C14H15FO3. The summed E-state index contributed by atoms with van der Waals surface area (Å²) in [6, 6.07) is 4.00. The number of benzene rings is 1. The van der Waals surface area contributed by atoms with Crippen molar-refractivity contribution in [1.29, 1.82) is 0 Å². The van der Waals surface area contributed by atoms with Gasteiger partial charge in [0.2, 0.25) is 0 Å². The van der Waals surface area contributed by atoms with E-state index in [-0.39, 0.29) is 6.10 Å². The number of allylic oxidation sites excluding steroid dienone is 1. The van der Waals surface area contributed by atoms with Gasteiger partial charge >= 0.3 is 5.97 Å². The number of hydrogen-bond acceptors (Lipinski definition) is 2. The fourth-order valence-electron chi connectivity index (χ4n) is 2.58. The van der Waals surface area contributed by atoms with Crippen molar-refractivity contribution in [3.8, 4) is 5.75 Å². The van der Waals surface area contributed by atoms with Crippen molar-refractivity contribution in [3.63, 3.8) is 0 Å². The number of aliphatic carboxylic acids is 1. The predicted molar refractivity (Wildman–Crippen MR) is 65.2 cm³/mol. The number of halogens is 1. The Morgan fingerprint density at radius 2 is 2.44 bits per heavy atom. The maximum atomic E-state index is 13.2. The van der Waals surface area contributed by atoms with Crippen molar-refractivity contribution < 1.29 is 19.0 Å². The lowest BCUT2D eigenvalue weighted by Gasteiger charge is -2.37. The van der Waals surface area contributed by atoms with E-state index in [2.05, 4.69) is 6.58 Å². The van der Waals surface area contributed by atoms with E-state index < -0.39 is 17.2 Å². The van der Waals surface area contributed by atoms with Crippen LogP contribution in [0.1, 0.15) is 25.3 Å². The van der Waals surface area contributed by atoms with Crippen LogP contribution in [0.5, 0.6) is 5.75 Å². The Labute approximate surface area is 105 Å². The molecule has 2 atom stereocenters. The van der Waals surface area contributed by atoms with Gasteiger partial charge in [0.25, 0.3) is 0 Å². The van der Waals surface area contributed by atoms with Crippen LogP contribution in [0.2, 0.25) is 0 Å². The summed E-state index contributed by atoms with van der Waals surface area (Å²) in [7, 11) is 0. The molecule has 1 heterocycles. The number of hydrogen-bond donors (Lipinski definition) is 1. The molecule has 1 N–H and O–H groups in total. The smallest absolute Gasteiger partial charge is 0.314 e. The second-order valence-electron chi connectivity index (χ2n) is 4.65. The van der Waals surface area contributed by atoms with E-state index in [4.69, 9.17) is 4.74 Å². The molecule has 1 aromatic rings. The van der Waals surface area contributed by atoms with Crippen molar-refractivity contribution in [2.45, 2.75) is 31.3 Å². The second-order valence-corrected chi connectivity index (χ2v) is 4.65. The minimum Gasteiger partial charge on any atom is -0.490 e. The summed E-state index contributed by atoms with van der Waals surface area (Å²) in [6.45, 7) is 5.41. The molecule has 18 heavy (non-hydrogen) atoms. The monoisotopic (exact) mass is 250 g/mol. The molecule has 0 saturated heterocycles. The third-order valence-electron chi connectivity index (χ3n) is 3.33. The first-order chi connectivity index (χ1) is 8.49. The first-order valence-corrected chi connectivity index (χ1v) is 5.80. The summed E-state index contributed by atoms with van der Waals surface area (Å²) in [5.74, 6) is -1.04. The van der Waals surface area contributed by atoms with E-state index in [9.17, 15) is 14.3 Å². The quantitative estimate of drug-likeness (QED) is 0.839. The summed E-state index contributed by atoms with van der Waals surface area (Å²) in [5.41, 5.74) is -0.544. The van der Waals surface area contributed by atoms with Crippen LogP contribution in [-0.2, 0) is 10.2 Å². The van der Waals surface area contributed by atoms with Crippen molar-refractivity contribution in [2.24, 2.45) is 0 Å². The zero-order valence-corrected chi connectivity index (χ0v) is 10.1. The third kappa shape index (κ3) is 1.88. The highest BCUT2D eigenvalue weighted by Crippen LogP contribution is 2.44. The van der Waals surface area contributed by atoms with Crippen LogP contribution in [0.3, 0.4) is 0 Å². The average Bonchev–Trinajstić information content (AvgIpc) is 2.27. The number of rotatable bonds is 3. The SMILES string of the molecule is C=CC[C@@]1(C(=O)O)C[C@H](C)Oc2cc(F)ccc21. The maximum absolute atomic E-state index is 13.2. The van der Waals surface area contributed by atoms with Gasteiger partial charge in [-0.3, -0.25) is 4.79 Å². The van der Waals surface area contributed by atoms with Crippen molar-refractivity contribution in [2.75, 3.05) is 0 Å². The molecule has 0 spiro atoms. The molecule has 0 unspecified atom stereocenters. The van der Waals surface area contributed by atoms with Gasteiger partial charge in [-0.05, 0) is 19.4 Å². The van der Waals surface area contributed by atoms with Gasteiger partial charge in [-0.15, -0.1) is 6.58 Å². The van der Waals surface area contributed by atoms with E-state index in [1.54, 1.807) is 13.0 Å². The molecule has 0 fully saturated rings. The van der Waals surface area contributed by atoms with Crippen LogP contribution in [0, 0.1) is 5.82 Å². The molecule has 0 aliphatic carbocycles. The normalized spacial score (nSPS) is 26.0. The lowest BCUT2D eigenvalue weighted by molar-refractivity contribution is -0.145. The van der Waals surface area contributed by atoms with Crippen LogP contribution in [-0.4, -0.2) is 17.2 Å². The molecule has 0 saturated carbocycles. The molecule has 96 valence electrons. The first kappa shape index (κ1) is 12.6. The lowest BCUT2D eigenvalue weighted by Crippen LogP contribution is -2.43. The number of carboxylic acids is 1. The largest absolute Gasteiger partial charge is 0.490 e. The number of fused-ring (bicyclic) bond motifs is 1. The van der Waals surface area contributed by atoms with Gasteiger partial charge < -0.3 is 9.84 Å². The van der Waals surface area contributed by atoms with Crippen LogP contribution < -0.4 is 4.74 Å². The standard InChI is InChI=1S/C14H15FO3/c1-3-6-14(13(16)17)8-9(2)18-12-7-10(15)4-5-11(12)14/h3-5,7,9H,1,6,8H2,2H3,(H,16,17)/t9-,14+/m0/s1. The van der Waals surface area contributed by atoms with Crippen molar-refractivity contribution >= 4 is 5.97 Å². The highest BCUT2D eigenvalue weighted by Gasteiger charge is 2.46. The van der Waals surface area contributed by atoms with E-state index in [1.165, 1.54) is 18.2 Å². The Balaban J connectivity index is 2.62. The summed E-state index contributed by atoms with van der Waals surface area (Å²) in [4.78, 5) is 11.7. The highest BCUT2D eigenvalue weighted by atomic mass is 19.1. The molecule has 3 nitrogen and oxygen atoms in total. The van der Waals surface area contributed by atoms with Crippen LogP contribution >= 0.6 is 0 Å². The molecule has 0 aromatic heterocycles. The topological polar surface area (TPSA) is 46.5 Å². The van der Waals surface area contributed by atoms with E-state index >= 15 is 0 Å². The van der Waals surface area contributed by atoms with E-state index in [1.807, 2.05) is 0 Å². The van der Waals surface area contributed by atoms with Gasteiger partial charge in [-0.2, -0.15) is 0 Å². The Bertz CT molecular complexity index is 498. The van der Waals surface area contributed by atoms with Gasteiger partial charge in [0.15, 0.2) is 0 Å². The van der Waals surface area contributed by atoms with Gasteiger partial charge in [-0.25, -0.2) is 4.39 Å². The van der Waals surface area contributed by atoms with Crippen molar-refractivity contribution in [1.82, 2.24) is 0 Å².